The van der Waals surface area contributed by atoms with Gasteiger partial charge in [0.05, 0.1) is 25.2 Å². The Labute approximate surface area is 287 Å². The summed E-state index contributed by atoms with van der Waals surface area (Å²) in [6, 6.07) is 3.03. The van der Waals surface area contributed by atoms with Crippen LogP contribution in [0, 0.1) is 11.7 Å². The number of rotatable bonds is 16. The standard InChI is InChI=1S/C22H29FN4O7.C7H11F3N2O2.C2H6/c1-14-12-20(30)27(18-13-16(23)5-6-19(18)34-14)9-11-33-22(32)25-8-7-24-21(31)17(4-3-10-28)26-15(2)29;1-4(5(11)13)6(14)12-3-7(9,10)2-8;1-2/h5-6,10,13-14,17H,3-4,7-9,11-12H2,1-2H3,(H,24,31)(H,25,32)(H,26,29);4H,2-3H2,1H3,(H2,11,13)(H,12,14);1-2H3/t14-,17?;;/m1../s1. The van der Waals surface area contributed by atoms with E-state index in [1.54, 1.807) is 12.2 Å². The number of nitrogens with one attached hydrogen (secondary N) is 4. The Hall–Kier alpha value is -4.97. The van der Waals surface area contributed by atoms with Crippen LogP contribution in [0.1, 0.15) is 53.9 Å². The fraction of sp³-hybridized carbons (Fsp3) is 0.581. The third-order valence-corrected chi connectivity index (χ3v) is 6.35. The van der Waals surface area contributed by atoms with Crippen molar-refractivity contribution in [2.24, 2.45) is 11.7 Å². The van der Waals surface area contributed by atoms with Gasteiger partial charge in [-0.2, -0.15) is 0 Å². The lowest BCUT2D eigenvalue weighted by Gasteiger charge is -2.21. The molecule has 1 heterocycles. The first kappa shape index (κ1) is 45.0. The molecule has 1 aliphatic rings. The van der Waals surface area contributed by atoms with Crippen LogP contribution in [-0.4, -0.2) is 99.4 Å². The summed E-state index contributed by atoms with van der Waals surface area (Å²) in [6.07, 6.45) is -0.123. The van der Waals surface area contributed by atoms with Crippen LogP contribution in [0.3, 0.4) is 0 Å². The van der Waals surface area contributed by atoms with Crippen molar-refractivity contribution in [2.75, 3.05) is 44.4 Å². The van der Waals surface area contributed by atoms with E-state index in [0.29, 0.717) is 12.0 Å². The van der Waals surface area contributed by atoms with Crippen LogP contribution in [-0.2, 0) is 33.5 Å². The Morgan fingerprint density at radius 1 is 1.12 bits per heavy atom. The zero-order valence-electron chi connectivity index (χ0n) is 28.6. The minimum absolute atomic E-state index is 0.00461. The van der Waals surface area contributed by atoms with E-state index in [4.69, 9.17) is 15.2 Å². The average molecular weight is 723 g/mol. The first-order valence-electron chi connectivity index (χ1n) is 15.7. The Balaban J connectivity index is 0.00000126. The highest BCUT2D eigenvalue weighted by atomic mass is 19.3. The van der Waals surface area contributed by atoms with Crippen LogP contribution in [0.2, 0.25) is 0 Å². The highest BCUT2D eigenvalue weighted by Gasteiger charge is 2.31. The van der Waals surface area contributed by atoms with Crippen molar-refractivity contribution in [1.29, 1.82) is 0 Å². The summed E-state index contributed by atoms with van der Waals surface area (Å²) in [4.78, 5) is 80.9. The lowest BCUT2D eigenvalue weighted by Crippen LogP contribution is -2.47. The zero-order chi connectivity index (χ0) is 38.4. The third kappa shape index (κ3) is 17.4. The maximum atomic E-state index is 13.7. The molecule has 0 spiro atoms. The highest BCUT2D eigenvalue weighted by Crippen LogP contribution is 2.33. The lowest BCUT2D eigenvalue weighted by atomic mass is 10.1. The number of aldehydes is 1. The monoisotopic (exact) mass is 722 g/mol. The number of fused-ring (bicyclic) bond motifs is 1. The molecule has 0 aromatic heterocycles. The number of alkyl halides is 3. The largest absolute Gasteiger partial charge is 0.488 e. The van der Waals surface area contributed by atoms with Gasteiger partial charge in [0, 0.05) is 32.5 Å². The number of carbonyl (C=O) groups excluding carboxylic acids is 7. The SMILES string of the molecule is CC.CC(=O)NC(CCC=O)C(=O)NCCNC(=O)OCCN1C(=O)C[C@@H](C)Oc2ccc(F)cc21.CC(C(N)=O)C(=O)NCC(F)(F)CF. The van der Waals surface area contributed by atoms with Crippen molar-refractivity contribution in [3.8, 4) is 5.75 Å². The van der Waals surface area contributed by atoms with E-state index in [0.717, 1.165) is 0 Å². The third-order valence-electron chi connectivity index (χ3n) is 6.35. The van der Waals surface area contributed by atoms with Crippen molar-refractivity contribution < 1.29 is 60.6 Å². The van der Waals surface area contributed by atoms with Gasteiger partial charge in [-0.1, -0.05) is 13.8 Å². The van der Waals surface area contributed by atoms with E-state index in [-0.39, 0.29) is 63.2 Å². The van der Waals surface area contributed by atoms with Crippen molar-refractivity contribution in [1.82, 2.24) is 21.3 Å². The van der Waals surface area contributed by atoms with Crippen molar-refractivity contribution >= 4 is 47.6 Å². The van der Waals surface area contributed by atoms with Gasteiger partial charge < -0.3 is 46.2 Å². The Morgan fingerprint density at radius 2 is 1.76 bits per heavy atom. The van der Waals surface area contributed by atoms with E-state index < -0.39 is 66.6 Å². The van der Waals surface area contributed by atoms with Gasteiger partial charge in [-0.05, 0) is 32.4 Å². The van der Waals surface area contributed by atoms with Crippen LogP contribution in [0.25, 0.3) is 0 Å². The molecule has 1 aromatic rings. The first-order chi connectivity index (χ1) is 23.5. The molecule has 0 fully saturated rings. The van der Waals surface area contributed by atoms with E-state index >= 15 is 0 Å². The van der Waals surface area contributed by atoms with Crippen molar-refractivity contribution in [3.05, 3.63) is 24.0 Å². The number of nitrogens with two attached hydrogens (primary N) is 1. The van der Waals surface area contributed by atoms with Gasteiger partial charge in [0.2, 0.25) is 29.5 Å². The Kier molecular flexibility index (Phi) is 21.1. The van der Waals surface area contributed by atoms with Gasteiger partial charge in [0.15, 0.2) is 6.67 Å². The molecule has 2 unspecified atom stereocenters. The lowest BCUT2D eigenvalue weighted by molar-refractivity contribution is -0.134. The molecular formula is C31H46F4N6O9. The molecule has 1 aliphatic heterocycles. The van der Waals surface area contributed by atoms with Gasteiger partial charge in [-0.25, -0.2) is 22.4 Å². The molecule has 50 heavy (non-hydrogen) atoms. The Morgan fingerprint density at radius 3 is 2.34 bits per heavy atom. The molecule has 282 valence electrons. The van der Waals surface area contributed by atoms with Gasteiger partial charge in [0.25, 0.3) is 5.92 Å². The van der Waals surface area contributed by atoms with E-state index in [1.165, 1.54) is 36.9 Å². The predicted molar refractivity (Wildman–Crippen MR) is 172 cm³/mol. The summed E-state index contributed by atoms with van der Waals surface area (Å²) >= 11 is 0. The molecule has 1 aromatic carbocycles. The summed E-state index contributed by atoms with van der Waals surface area (Å²) in [5.41, 5.74) is 5.02. The number of halogens is 4. The van der Waals surface area contributed by atoms with E-state index in [9.17, 15) is 51.1 Å². The molecule has 3 atom stereocenters. The normalized spacial score (nSPS) is 14.6. The number of nitrogens with zero attached hydrogens (tertiary/aromatic N) is 1. The molecule has 0 bridgehead atoms. The second-order valence-electron chi connectivity index (χ2n) is 10.5. The van der Waals surface area contributed by atoms with Crippen LogP contribution in [0.4, 0.5) is 28.0 Å². The number of alkyl carbamates (subject to hydrolysis) is 1. The molecule has 0 saturated heterocycles. The van der Waals surface area contributed by atoms with E-state index in [2.05, 4.69) is 16.0 Å². The van der Waals surface area contributed by atoms with Crippen LogP contribution >= 0.6 is 0 Å². The van der Waals surface area contributed by atoms with Crippen molar-refractivity contribution in [3.63, 3.8) is 0 Å². The van der Waals surface area contributed by atoms with Crippen LogP contribution < -0.4 is 36.6 Å². The van der Waals surface area contributed by atoms with Gasteiger partial charge in [0.1, 0.15) is 42.5 Å². The fourth-order valence-corrected chi connectivity index (χ4v) is 3.84. The molecule has 0 radical (unpaired) electrons. The molecule has 2 rings (SSSR count). The minimum atomic E-state index is -3.60. The molecule has 19 heteroatoms. The van der Waals surface area contributed by atoms with Crippen LogP contribution in [0.5, 0.6) is 5.75 Å². The zero-order valence-corrected chi connectivity index (χ0v) is 28.6. The summed E-state index contributed by atoms with van der Waals surface area (Å²) in [5, 5.41) is 9.18. The second-order valence-corrected chi connectivity index (χ2v) is 10.5. The molecule has 0 aliphatic carbocycles. The number of primary amides is 1. The number of carbonyl (C=O) groups is 7. The number of ether oxygens (including phenoxy) is 2. The van der Waals surface area contributed by atoms with Gasteiger partial charge >= 0.3 is 6.09 Å². The summed E-state index contributed by atoms with van der Waals surface area (Å²) in [6.45, 7) is 5.14. The maximum absolute atomic E-state index is 13.7. The highest BCUT2D eigenvalue weighted by molar-refractivity contribution is 5.99. The quantitative estimate of drug-likeness (QED) is 0.0723. The van der Waals surface area contributed by atoms with E-state index in [1.807, 2.05) is 13.8 Å². The number of hydrogen-bond donors (Lipinski definition) is 5. The number of anilines is 1. The predicted octanol–water partition coefficient (Wildman–Crippen LogP) is 1.51. The fourth-order valence-electron chi connectivity index (χ4n) is 3.84. The number of benzene rings is 1. The summed E-state index contributed by atoms with van der Waals surface area (Å²) in [5.74, 6) is -7.99. The molecular weight excluding hydrogens is 676 g/mol. The summed E-state index contributed by atoms with van der Waals surface area (Å²) in [7, 11) is 0. The summed E-state index contributed by atoms with van der Waals surface area (Å²) < 4.78 is 60.6. The molecule has 6 N–H and O–H groups in total. The van der Waals surface area contributed by atoms with Gasteiger partial charge in [-0.3, -0.25) is 24.0 Å². The first-order valence-corrected chi connectivity index (χ1v) is 15.7. The minimum Gasteiger partial charge on any atom is -0.488 e. The maximum Gasteiger partial charge on any atom is 0.407 e. The average Bonchev–Trinajstić information content (AvgIpc) is 3.18. The Bertz CT molecular complexity index is 1310. The van der Waals surface area contributed by atoms with Crippen molar-refractivity contribution in [2.45, 2.75) is 71.9 Å². The molecule has 15 nitrogen and oxygen atoms in total. The smallest absolute Gasteiger partial charge is 0.407 e. The van der Waals surface area contributed by atoms with Gasteiger partial charge in [-0.15, -0.1) is 0 Å². The molecule has 6 amide bonds. The van der Waals surface area contributed by atoms with Crippen LogP contribution in [0.15, 0.2) is 18.2 Å². The second kappa shape index (κ2) is 23.4. The number of amides is 6. The molecule has 0 saturated carbocycles. The number of hydrogen-bond acceptors (Lipinski definition) is 9. The topological polar surface area (TPSA) is 215 Å².